The van der Waals surface area contributed by atoms with Crippen molar-refractivity contribution in [3.05, 3.63) is 48.3 Å². The molecule has 0 aliphatic carbocycles. The fourth-order valence-corrected chi connectivity index (χ4v) is 1.42. The van der Waals surface area contributed by atoms with Crippen LogP contribution in [-0.4, -0.2) is 16.2 Å². The number of nitrogens with two attached hydrogens (primary N) is 1. The van der Waals surface area contributed by atoms with Gasteiger partial charge < -0.3 is 20.3 Å². The van der Waals surface area contributed by atoms with E-state index in [0.717, 1.165) is 0 Å². The summed E-state index contributed by atoms with van der Waals surface area (Å²) >= 11 is 0. The van der Waals surface area contributed by atoms with E-state index in [2.05, 4.69) is 4.98 Å². The highest BCUT2D eigenvalue weighted by molar-refractivity contribution is 5.68. The molecule has 0 saturated carbocycles. The number of carbonyl (C=O) groups excluding carboxylic acids is 1. The summed E-state index contributed by atoms with van der Waals surface area (Å²) in [5, 5.41) is 8.87. The fraction of sp³-hybridized carbons (Fsp3) is 0.0769. The number of pyridine rings is 1. The monoisotopic (exact) mass is 260 g/mol. The molecule has 0 aliphatic heterocycles. The summed E-state index contributed by atoms with van der Waals surface area (Å²) in [6, 6.07) is 9.83. The van der Waals surface area contributed by atoms with E-state index < -0.39 is 6.09 Å². The van der Waals surface area contributed by atoms with E-state index in [9.17, 15) is 4.79 Å². The first-order chi connectivity index (χ1) is 9.17. The van der Waals surface area contributed by atoms with Crippen LogP contribution in [0, 0.1) is 0 Å². The van der Waals surface area contributed by atoms with E-state index in [1.165, 1.54) is 12.3 Å². The summed E-state index contributed by atoms with van der Waals surface area (Å²) < 4.78 is 10.3. The van der Waals surface area contributed by atoms with Crippen molar-refractivity contribution in [3.8, 4) is 17.2 Å². The third-order valence-electron chi connectivity index (χ3n) is 2.22. The Bertz CT molecular complexity index is 569. The molecule has 19 heavy (non-hydrogen) atoms. The molecule has 6 nitrogen and oxygen atoms in total. The lowest BCUT2D eigenvalue weighted by atomic mass is 10.3. The maximum absolute atomic E-state index is 10.6. The van der Waals surface area contributed by atoms with Crippen molar-refractivity contribution in [3.63, 3.8) is 0 Å². The van der Waals surface area contributed by atoms with Crippen LogP contribution >= 0.6 is 0 Å². The lowest BCUT2D eigenvalue weighted by molar-refractivity contribution is 0.211. The number of amides is 1. The van der Waals surface area contributed by atoms with Crippen molar-refractivity contribution in [2.75, 3.05) is 0 Å². The lowest BCUT2D eigenvalue weighted by Gasteiger charge is -2.07. The molecule has 1 heterocycles. The summed E-state index contributed by atoms with van der Waals surface area (Å²) in [5.74, 6) is 1.29. The van der Waals surface area contributed by atoms with Crippen LogP contribution in [0.4, 0.5) is 4.79 Å². The van der Waals surface area contributed by atoms with E-state index in [4.69, 9.17) is 20.3 Å². The molecule has 3 N–H and O–H groups in total. The van der Waals surface area contributed by atoms with Gasteiger partial charge in [0.05, 0.1) is 18.5 Å². The zero-order valence-electron chi connectivity index (χ0n) is 9.95. The number of hydrogen-bond donors (Lipinski definition) is 2. The summed E-state index contributed by atoms with van der Waals surface area (Å²) in [6.45, 7) is -0.123. The maximum atomic E-state index is 10.6. The number of ether oxygens (including phenoxy) is 2. The first-order valence-electron chi connectivity index (χ1n) is 5.48. The second-order valence-electron chi connectivity index (χ2n) is 3.64. The highest BCUT2D eigenvalue weighted by atomic mass is 16.5. The number of primary amides is 1. The minimum Gasteiger partial charge on any atom is -0.456 e. The van der Waals surface area contributed by atoms with Crippen molar-refractivity contribution in [2.45, 2.75) is 6.61 Å². The minimum absolute atomic E-state index is 0.123. The molecule has 0 atom stereocenters. The molecule has 0 aliphatic rings. The third-order valence-corrected chi connectivity index (χ3v) is 2.22. The average molecular weight is 260 g/mol. The number of aliphatic hydroxyl groups excluding tert-OH is 1. The quantitative estimate of drug-likeness (QED) is 0.874. The summed E-state index contributed by atoms with van der Waals surface area (Å²) in [4.78, 5) is 14.6. The molecule has 0 bridgehead atoms. The molecule has 0 radical (unpaired) electrons. The van der Waals surface area contributed by atoms with Crippen molar-refractivity contribution in [2.24, 2.45) is 5.73 Å². The largest absolute Gasteiger partial charge is 0.456 e. The molecular formula is C13H12N2O4. The van der Waals surface area contributed by atoms with E-state index in [1.807, 2.05) is 0 Å². The molecule has 2 aromatic rings. The van der Waals surface area contributed by atoms with Gasteiger partial charge in [-0.2, -0.15) is 0 Å². The van der Waals surface area contributed by atoms with Gasteiger partial charge in [-0.1, -0.05) is 6.07 Å². The van der Waals surface area contributed by atoms with Gasteiger partial charge in [0, 0.05) is 6.07 Å². The van der Waals surface area contributed by atoms with Crippen molar-refractivity contribution in [1.29, 1.82) is 0 Å². The SMILES string of the molecule is NC(=O)Oc1cccc(Oc2ccc(CO)nc2)c1. The second-order valence-corrected chi connectivity index (χ2v) is 3.64. The lowest BCUT2D eigenvalue weighted by Crippen LogP contribution is -2.16. The molecule has 1 amide bonds. The van der Waals surface area contributed by atoms with Crippen molar-refractivity contribution < 1.29 is 19.4 Å². The average Bonchev–Trinajstić information content (AvgIpc) is 2.39. The highest BCUT2D eigenvalue weighted by Crippen LogP contribution is 2.24. The van der Waals surface area contributed by atoms with Gasteiger partial charge in [-0.15, -0.1) is 0 Å². The predicted octanol–water partition coefficient (Wildman–Crippen LogP) is 1.82. The first-order valence-corrected chi connectivity index (χ1v) is 5.48. The molecule has 0 fully saturated rings. The Balaban J connectivity index is 2.11. The number of aromatic nitrogens is 1. The highest BCUT2D eigenvalue weighted by Gasteiger charge is 2.03. The van der Waals surface area contributed by atoms with Crippen LogP contribution in [0.3, 0.4) is 0 Å². The summed E-state index contributed by atoms with van der Waals surface area (Å²) in [7, 11) is 0. The van der Waals surface area contributed by atoms with E-state index in [-0.39, 0.29) is 6.61 Å². The standard InChI is InChI=1S/C13H12N2O4/c14-13(17)19-11-3-1-2-10(6-11)18-12-5-4-9(8-16)15-7-12/h1-7,16H,8H2,(H2,14,17). The van der Waals surface area contributed by atoms with E-state index in [0.29, 0.717) is 22.9 Å². The molecule has 0 unspecified atom stereocenters. The molecule has 98 valence electrons. The fourth-order valence-electron chi connectivity index (χ4n) is 1.42. The Hall–Kier alpha value is -2.60. The Kier molecular flexibility index (Phi) is 3.94. The van der Waals surface area contributed by atoms with Crippen LogP contribution in [0.2, 0.25) is 0 Å². The molecule has 0 spiro atoms. The Morgan fingerprint density at radius 3 is 2.63 bits per heavy atom. The van der Waals surface area contributed by atoms with Crippen molar-refractivity contribution >= 4 is 6.09 Å². The molecule has 0 saturated heterocycles. The molecule has 1 aromatic carbocycles. The number of nitrogens with zero attached hydrogens (tertiary/aromatic N) is 1. The summed E-state index contributed by atoms with van der Waals surface area (Å²) in [6.07, 6.45) is 0.610. The number of carbonyl (C=O) groups is 1. The normalized spacial score (nSPS) is 9.95. The van der Waals surface area contributed by atoms with Crippen LogP contribution in [0.5, 0.6) is 17.2 Å². The van der Waals surface area contributed by atoms with Crippen LogP contribution in [0.15, 0.2) is 42.6 Å². The second kappa shape index (κ2) is 5.83. The maximum Gasteiger partial charge on any atom is 0.409 e. The molecule has 6 heteroatoms. The molecule has 1 aromatic heterocycles. The van der Waals surface area contributed by atoms with Crippen LogP contribution in [0.25, 0.3) is 0 Å². The smallest absolute Gasteiger partial charge is 0.409 e. The van der Waals surface area contributed by atoms with Gasteiger partial charge in [0.1, 0.15) is 17.2 Å². The van der Waals surface area contributed by atoms with Crippen LogP contribution in [-0.2, 0) is 6.61 Å². The first kappa shape index (κ1) is 12.8. The Morgan fingerprint density at radius 2 is 2.00 bits per heavy atom. The third kappa shape index (κ3) is 3.68. The van der Waals surface area contributed by atoms with E-state index >= 15 is 0 Å². The number of rotatable bonds is 4. The summed E-state index contributed by atoms with van der Waals surface area (Å²) in [5.41, 5.74) is 5.48. The zero-order chi connectivity index (χ0) is 13.7. The van der Waals surface area contributed by atoms with Gasteiger partial charge in [0.15, 0.2) is 0 Å². The Morgan fingerprint density at radius 1 is 1.21 bits per heavy atom. The van der Waals surface area contributed by atoms with Gasteiger partial charge in [0.25, 0.3) is 0 Å². The zero-order valence-corrected chi connectivity index (χ0v) is 9.95. The van der Waals surface area contributed by atoms with Gasteiger partial charge in [0.2, 0.25) is 0 Å². The predicted molar refractivity (Wildman–Crippen MR) is 66.9 cm³/mol. The van der Waals surface area contributed by atoms with Crippen LogP contribution in [0.1, 0.15) is 5.69 Å². The van der Waals surface area contributed by atoms with Gasteiger partial charge in [-0.25, -0.2) is 4.79 Å². The van der Waals surface area contributed by atoms with Gasteiger partial charge in [-0.3, -0.25) is 4.98 Å². The number of aliphatic hydroxyl groups is 1. The Labute approximate surface area is 109 Å². The van der Waals surface area contributed by atoms with Gasteiger partial charge >= 0.3 is 6.09 Å². The van der Waals surface area contributed by atoms with Crippen LogP contribution < -0.4 is 15.2 Å². The topological polar surface area (TPSA) is 94.7 Å². The number of benzene rings is 1. The van der Waals surface area contributed by atoms with Gasteiger partial charge in [-0.05, 0) is 24.3 Å². The van der Waals surface area contributed by atoms with E-state index in [1.54, 1.807) is 30.3 Å². The molecule has 2 rings (SSSR count). The molecular weight excluding hydrogens is 248 g/mol. The minimum atomic E-state index is -0.883. The number of hydrogen-bond acceptors (Lipinski definition) is 5. The van der Waals surface area contributed by atoms with Crippen molar-refractivity contribution in [1.82, 2.24) is 4.98 Å².